The summed E-state index contributed by atoms with van der Waals surface area (Å²) in [6, 6.07) is 10.8. The second kappa shape index (κ2) is 7.47. The van der Waals surface area contributed by atoms with Crippen LogP contribution in [0, 0.1) is 0 Å². The minimum Gasteiger partial charge on any atom is -0.324 e. The molecule has 0 bridgehead atoms. The maximum atomic E-state index is 11.2. The second-order valence-corrected chi connectivity index (χ2v) is 8.23. The Hall–Kier alpha value is -3.13. The van der Waals surface area contributed by atoms with Crippen molar-refractivity contribution in [2.45, 2.75) is 9.79 Å². The number of anilines is 4. The van der Waals surface area contributed by atoms with Crippen LogP contribution < -0.4 is 10.6 Å². The first-order chi connectivity index (χ1) is 13.1. The highest BCUT2D eigenvalue weighted by atomic mass is 32.2. The Morgan fingerprint density at radius 3 is 1.54 bits per heavy atom. The number of benzene rings is 2. The Balaban J connectivity index is 1.82. The molecule has 0 aliphatic rings. The van der Waals surface area contributed by atoms with Crippen LogP contribution in [0.5, 0.6) is 0 Å². The molecule has 4 N–H and O–H groups in total. The molecule has 0 saturated carbocycles. The summed E-state index contributed by atoms with van der Waals surface area (Å²) in [7, 11) is -8.72. The van der Waals surface area contributed by atoms with Crippen LogP contribution in [0.15, 0.2) is 64.6 Å². The third-order valence-corrected chi connectivity index (χ3v) is 5.05. The van der Waals surface area contributed by atoms with Crippen LogP contribution in [0.4, 0.5) is 23.3 Å². The Labute approximate surface area is 160 Å². The zero-order chi connectivity index (χ0) is 20.4. The number of hydrogen-bond acceptors (Lipinski definition) is 9. The molecule has 0 aliphatic carbocycles. The van der Waals surface area contributed by atoms with Gasteiger partial charge in [0.1, 0.15) is 6.33 Å². The molecular formula is C15H13N5O6S2. The van der Waals surface area contributed by atoms with E-state index >= 15 is 0 Å². The van der Waals surface area contributed by atoms with E-state index in [9.17, 15) is 16.8 Å². The predicted molar refractivity (Wildman–Crippen MR) is 98.9 cm³/mol. The fourth-order valence-electron chi connectivity index (χ4n) is 2.14. The van der Waals surface area contributed by atoms with Crippen LogP contribution in [0.1, 0.15) is 0 Å². The van der Waals surface area contributed by atoms with Crippen LogP contribution >= 0.6 is 0 Å². The lowest BCUT2D eigenvalue weighted by Crippen LogP contribution is -2.04. The van der Waals surface area contributed by atoms with Gasteiger partial charge >= 0.3 is 0 Å². The first-order valence-corrected chi connectivity index (χ1v) is 10.4. The molecule has 0 unspecified atom stereocenters. The Bertz CT molecular complexity index is 1140. The molecule has 1 heterocycles. The molecule has 3 aromatic rings. The molecule has 2 aromatic carbocycles. The molecule has 3 rings (SSSR count). The van der Waals surface area contributed by atoms with Crippen molar-refractivity contribution in [3.63, 3.8) is 0 Å². The average molecular weight is 423 g/mol. The van der Waals surface area contributed by atoms with Gasteiger partial charge in [-0.25, -0.2) is 9.97 Å². The van der Waals surface area contributed by atoms with Crippen molar-refractivity contribution in [1.82, 2.24) is 15.0 Å². The van der Waals surface area contributed by atoms with Crippen LogP contribution in [0.25, 0.3) is 0 Å². The van der Waals surface area contributed by atoms with Crippen LogP contribution in [0.3, 0.4) is 0 Å². The fourth-order valence-corrected chi connectivity index (χ4v) is 3.20. The highest BCUT2D eigenvalue weighted by Gasteiger charge is 2.12. The van der Waals surface area contributed by atoms with E-state index in [1.807, 2.05) is 0 Å². The average Bonchev–Trinajstić information content (AvgIpc) is 2.61. The normalized spacial score (nSPS) is 11.8. The van der Waals surface area contributed by atoms with Crippen molar-refractivity contribution in [2.75, 3.05) is 10.6 Å². The van der Waals surface area contributed by atoms with Crippen LogP contribution in [-0.4, -0.2) is 40.9 Å². The van der Waals surface area contributed by atoms with Gasteiger partial charge in [-0.2, -0.15) is 21.8 Å². The molecule has 0 amide bonds. The van der Waals surface area contributed by atoms with Gasteiger partial charge in [-0.15, -0.1) is 0 Å². The third kappa shape index (κ3) is 4.98. The van der Waals surface area contributed by atoms with Gasteiger partial charge in [0.2, 0.25) is 11.9 Å². The summed E-state index contributed by atoms with van der Waals surface area (Å²) < 4.78 is 63.0. The molecule has 146 valence electrons. The predicted octanol–water partition coefficient (Wildman–Crippen LogP) is 1.85. The van der Waals surface area contributed by atoms with Crippen molar-refractivity contribution in [1.29, 1.82) is 0 Å². The van der Waals surface area contributed by atoms with Gasteiger partial charge < -0.3 is 10.6 Å². The topological polar surface area (TPSA) is 171 Å². The zero-order valence-electron chi connectivity index (χ0n) is 13.9. The van der Waals surface area contributed by atoms with E-state index in [2.05, 4.69) is 25.6 Å². The molecule has 0 aliphatic heterocycles. The maximum absolute atomic E-state index is 11.2. The summed E-state index contributed by atoms with van der Waals surface area (Å²) in [5, 5.41) is 5.53. The van der Waals surface area contributed by atoms with Crippen molar-refractivity contribution in [3.05, 3.63) is 54.9 Å². The second-order valence-electron chi connectivity index (χ2n) is 5.39. The van der Waals surface area contributed by atoms with Gasteiger partial charge in [0.05, 0.1) is 9.79 Å². The highest BCUT2D eigenvalue weighted by molar-refractivity contribution is 7.86. The lowest BCUT2D eigenvalue weighted by atomic mass is 10.3. The smallest absolute Gasteiger partial charge is 0.294 e. The van der Waals surface area contributed by atoms with Crippen LogP contribution in [0.2, 0.25) is 0 Å². The van der Waals surface area contributed by atoms with Gasteiger partial charge in [-0.05, 0) is 36.4 Å². The van der Waals surface area contributed by atoms with E-state index in [-0.39, 0.29) is 21.7 Å². The number of nitrogens with one attached hydrogen (secondary N) is 2. The number of rotatable bonds is 6. The van der Waals surface area contributed by atoms with E-state index in [1.54, 1.807) is 12.1 Å². The Kier molecular flexibility index (Phi) is 5.24. The highest BCUT2D eigenvalue weighted by Crippen LogP contribution is 2.20. The maximum Gasteiger partial charge on any atom is 0.294 e. The summed E-state index contributed by atoms with van der Waals surface area (Å²) >= 11 is 0. The first kappa shape index (κ1) is 19.6. The summed E-state index contributed by atoms with van der Waals surface area (Å²) in [6.45, 7) is 0. The van der Waals surface area contributed by atoms with Gasteiger partial charge in [0.25, 0.3) is 20.2 Å². The van der Waals surface area contributed by atoms with E-state index in [4.69, 9.17) is 9.11 Å². The summed E-state index contributed by atoms with van der Waals surface area (Å²) in [4.78, 5) is 11.3. The SMILES string of the molecule is O=S(=O)(O)c1cccc(Nc2ncnc(Nc3cccc(S(=O)(=O)O)c3)n2)c1. The van der Waals surface area contributed by atoms with Crippen molar-refractivity contribution >= 4 is 43.5 Å². The Morgan fingerprint density at radius 2 is 1.14 bits per heavy atom. The fraction of sp³-hybridized carbons (Fsp3) is 0. The molecular weight excluding hydrogens is 410 g/mol. The number of nitrogens with zero attached hydrogens (tertiary/aromatic N) is 3. The molecule has 28 heavy (non-hydrogen) atoms. The van der Waals surface area contributed by atoms with Crippen molar-refractivity contribution < 1.29 is 25.9 Å². The van der Waals surface area contributed by atoms with Gasteiger partial charge in [0.15, 0.2) is 0 Å². The summed E-state index contributed by atoms with van der Waals surface area (Å²) in [6.07, 6.45) is 1.18. The zero-order valence-corrected chi connectivity index (χ0v) is 15.5. The standard InChI is InChI=1S/C15H13N5O6S2/c21-27(22,23)12-5-1-3-10(7-12)18-14-16-9-17-15(20-14)19-11-4-2-6-13(8-11)28(24,25)26/h1-9H,(H,21,22,23)(H,24,25,26)(H2,16,17,18,19,20). The lowest BCUT2D eigenvalue weighted by molar-refractivity contribution is 0.481. The van der Waals surface area contributed by atoms with E-state index in [1.165, 1.54) is 42.7 Å². The van der Waals surface area contributed by atoms with E-state index in [0.29, 0.717) is 11.4 Å². The van der Waals surface area contributed by atoms with Gasteiger partial charge in [-0.3, -0.25) is 9.11 Å². The Morgan fingerprint density at radius 1 is 0.714 bits per heavy atom. The lowest BCUT2D eigenvalue weighted by Gasteiger charge is -2.09. The number of hydrogen-bond donors (Lipinski definition) is 4. The van der Waals surface area contributed by atoms with Crippen molar-refractivity contribution in [3.8, 4) is 0 Å². The third-order valence-electron chi connectivity index (χ3n) is 3.35. The van der Waals surface area contributed by atoms with Crippen molar-refractivity contribution in [2.24, 2.45) is 0 Å². The monoisotopic (exact) mass is 423 g/mol. The molecule has 0 atom stereocenters. The summed E-state index contributed by atoms with van der Waals surface area (Å²) in [5.41, 5.74) is 0.612. The molecule has 1 aromatic heterocycles. The quantitative estimate of drug-likeness (QED) is 0.426. The molecule has 0 fully saturated rings. The van der Waals surface area contributed by atoms with E-state index in [0.717, 1.165) is 0 Å². The molecule has 11 nitrogen and oxygen atoms in total. The van der Waals surface area contributed by atoms with Crippen LogP contribution in [-0.2, 0) is 20.2 Å². The largest absolute Gasteiger partial charge is 0.324 e. The number of aromatic nitrogens is 3. The van der Waals surface area contributed by atoms with E-state index < -0.39 is 20.2 Å². The minimum absolute atomic E-state index is 0.0657. The molecule has 0 spiro atoms. The molecule has 0 radical (unpaired) electrons. The molecule has 13 heteroatoms. The van der Waals surface area contributed by atoms with Gasteiger partial charge in [0, 0.05) is 11.4 Å². The summed E-state index contributed by atoms with van der Waals surface area (Å²) in [5.74, 6) is 0.131. The molecule has 0 saturated heterocycles. The minimum atomic E-state index is -4.36. The first-order valence-electron chi connectivity index (χ1n) is 7.49. The van der Waals surface area contributed by atoms with Gasteiger partial charge in [-0.1, -0.05) is 12.1 Å².